The van der Waals surface area contributed by atoms with Gasteiger partial charge in [0.25, 0.3) is 6.43 Å². The number of esters is 1. The first kappa shape index (κ1) is 13.8. The maximum Gasteiger partial charge on any atom is 0.339 e. The average molecular weight is 406 g/mol. The molecule has 0 saturated heterocycles. The highest BCUT2D eigenvalue weighted by Crippen LogP contribution is 2.30. The smallest absolute Gasteiger partial charge is 0.339 e. The zero-order valence-electron chi connectivity index (χ0n) is 8.14. The number of alkyl halides is 2. The van der Waals surface area contributed by atoms with Crippen LogP contribution in [0.15, 0.2) is 10.5 Å². The molecule has 0 aliphatic heterocycles. The third-order valence-corrected chi connectivity index (χ3v) is 3.04. The average Bonchev–Trinajstić information content (AvgIpc) is 2.20. The second-order valence-electron chi connectivity index (χ2n) is 2.71. The quantitative estimate of drug-likeness (QED) is 0.438. The third-order valence-electron chi connectivity index (χ3n) is 1.65. The molecule has 0 aliphatic rings. The van der Waals surface area contributed by atoms with Gasteiger partial charge in [0.1, 0.15) is 9.39 Å². The number of pyridine rings is 1. The van der Waals surface area contributed by atoms with E-state index in [0.717, 1.165) is 0 Å². The van der Waals surface area contributed by atoms with E-state index < -0.39 is 18.1 Å². The van der Waals surface area contributed by atoms with E-state index in [0.29, 0.717) is 3.70 Å². The second-order valence-corrected chi connectivity index (χ2v) is 4.61. The molecule has 0 amide bonds. The second kappa shape index (κ2) is 5.85. The van der Waals surface area contributed by atoms with E-state index in [1.807, 2.05) is 0 Å². The van der Waals surface area contributed by atoms with Crippen LogP contribution in [0, 0.1) is 3.70 Å². The normalized spacial score (nSPS) is 10.6. The van der Waals surface area contributed by atoms with Crippen LogP contribution in [0.3, 0.4) is 0 Å². The van der Waals surface area contributed by atoms with Gasteiger partial charge in [-0.1, -0.05) is 0 Å². The summed E-state index contributed by atoms with van der Waals surface area (Å²) < 4.78 is 30.2. The van der Waals surface area contributed by atoms with Gasteiger partial charge in [-0.05, 0) is 51.5 Å². The summed E-state index contributed by atoms with van der Waals surface area (Å²) in [6.45, 7) is 1.83. The van der Waals surface area contributed by atoms with Gasteiger partial charge in [0.05, 0.1) is 16.6 Å². The zero-order chi connectivity index (χ0) is 12.3. The Morgan fingerprint density at radius 2 is 2.31 bits per heavy atom. The number of hydrogen-bond donors (Lipinski definition) is 0. The maximum atomic E-state index is 12.6. The first-order valence-corrected chi connectivity index (χ1v) is 6.15. The highest BCUT2D eigenvalue weighted by Gasteiger charge is 2.21. The molecule has 0 bridgehead atoms. The number of aromatic nitrogens is 1. The van der Waals surface area contributed by atoms with Crippen molar-refractivity contribution >= 4 is 44.5 Å². The minimum Gasteiger partial charge on any atom is -0.462 e. The molecule has 1 aromatic heterocycles. The Balaban J connectivity index is 3.24. The molecule has 3 nitrogen and oxygen atoms in total. The van der Waals surface area contributed by atoms with Gasteiger partial charge in [-0.15, -0.1) is 0 Å². The van der Waals surface area contributed by atoms with E-state index in [4.69, 9.17) is 4.74 Å². The van der Waals surface area contributed by atoms with Crippen LogP contribution < -0.4 is 0 Å². The van der Waals surface area contributed by atoms with Crippen molar-refractivity contribution in [2.45, 2.75) is 13.3 Å². The van der Waals surface area contributed by atoms with Crippen molar-refractivity contribution in [1.82, 2.24) is 4.98 Å². The van der Waals surface area contributed by atoms with Crippen molar-refractivity contribution in [2.75, 3.05) is 6.61 Å². The van der Waals surface area contributed by atoms with E-state index in [-0.39, 0.29) is 16.6 Å². The van der Waals surface area contributed by atoms with E-state index in [9.17, 15) is 13.6 Å². The molecule has 0 N–H and O–H groups in total. The molecular formula is C9H7BrF2INO2. The number of rotatable bonds is 3. The molecule has 0 aliphatic carbocycles. The van der Waals surface area contributed by atoms with Gasteiger partial charge in [0.15, 0.2) is 0 Å². The third kappa shape index (κ3) is 3.09. The summed E-state index contributed by atoms with van der Waals surface area (Å²) in [6, 6.07) is 1.40. The summed E-state index contributed by atoms with van der Waals surface area (Å²) >= 11 is 4.71. The van der Waals surface area contributed by atoms with Crippen LogP contribution in [0.5, 0.6) is 0 Å². The van der Waals surface area contributed by atoms with Crippen LogP contribution in [-0.4, -0.2) is 17.6 Å². The molecule has 1 rings (SSSR count). The molecule has 0 atom stereocenters. The summed E-state index contributed by atoms with van der Waals surface area (Å²) in [5, 5.41) is 0. The van der Waals surface area contributed by atoms with Gasteiger partial charge in [-0.25, -0.2) is 18.6 Å². The molecule has 0 unspecified atom stereocenters. The molecule has 0 aromatic carbocycles. The van der Waals surface area contributed by atoms with Crippen molar-refractivity contribution in [3.05, 3.63) is 25.5 Å². The SMILES string of the molecule is CCOC(=O)c1cc(I)nc(C(F)F)c1Br. The Labute approximate surface area is 113 Å². The van der Waals surface area contributed by atoms with Gasteiger partial charge >= 0.3 is 5.97 Å². The lowest BCUT2D eigenvalue weighted by Crippen LogP contribution is -2.09. The van der Waals surface area contributed by atoms with Crippen LogP contribution in [0.2, 0.25) is 0 Å². The predicted octanol–water partition coefficient (Wildman–Crippen LogP) is 3.56. The number of ether oxygens (including phenoxy) is 1. The first-order valence-electron chi connectivity index (χ1n) is 4.28. The fourth-order valence-corrected chi connectivity index (χ4v) is 2.13. The lowest BCUT2D eigenvalue weighted by atomic mass is 10.2. The molecule has 0 saturated carbocycles. The van der Waals surface area contributed by atoms with Crippen LogP contribution in [0.1, 0.15) is 29.4 Å². The van der Waals surface area contributed by atoms with Crippen LogP contribution in [0.25, 0.3) is 0 Å². The molecule has 7 heteroatoms. The Morgan fingerprint density at radius 3 is 2.81 bits per heavy atom. The van der Waals surface area contributed by atoms with Crippen LogP contribution in [0.4, 0.5) is 8.78 Å². The lowest BCUT2D eigenvalue weighted by molar-refractivity contribution is 0.0524. The fourth-order valence-electron chi connectivity index (χ4n) is 1.02. The van der Waals surface area contributed by atoms with Gasteiger partial charge in [0.2, 0.25) is 0 Å². The van der Waals surface area contributed by atoms with Crippen molar-refractivity contribution < 1.29 is 18.3 Å². The Morgan fingerprint density at radius 1 is 1.69 bits per heavy atom. The van der Waals surface area contributed by atoms with Gasteiger partial charge < -0.3 is 4.74 Å². The molecule has 16 heavy (non-hydrogen) atoms. The monoisotopic (exact) mass is 405 g/mol. The number of carbonyl (C=O) groups excluding carboxylic acids is 1. The Hall–Kier alpha value is -0.310. The highest BCUT2D eigenvalue weighted by atomic mass is 127. The van der Waals surface area contributed by atoms with Crippen molar-refractivity contribution in [3.8, 4) is 0 Å². The molecule has 1 heterocycles. The zero-order valence-corrected chi connectivity index (χ0v) is 11.9. The maximum absolute atomic E-state index is 12.6. The largest absolute Gasteiger partial charge is 0.462 e. The minimum absolute atomic E-state index is 0.0126. The van der Waals surface area contributed by atoms with Gasteiger partial charge in [-0.2, -0.15) is 0 Å². The van der Waals surface area contributed by atoms with Crippen LogP contribution >= 0.6 is 38.5 Å². The number of nitrogens with zero attached hydrogens (tertiary/aromatic N) is 1. The van der Waals surface area contributed by atoms with Crippen molar-refractivity contribution in [1.29, 1.82) is 0 Å². The summed E-state index contributed by atoms with van der Waals surface area (Å²) in [7, 11) is 0. The summed E-state index contributed by atoms with van der Waals surface area (Å²) in [6.07, 6.45) is -2.74. The van der Waals surface area contributed by atoms with Crippen LogP contribution in [-0.2, 0) is 4.74 Å². The van der Waals surface area contributed by atoms with Crippen molar-refractivity contribution in [3.63, 3.8) is 0 Å². The topological polar surface area (TPSA) is 39.2 Å². The van der Waals surface area contributed by atoms with Crippen molar-refractivity contribution in [2.24, 2.45) is 0 Å². The molecule has 0 spiro atoms. The standard InChI is InChI=1S/C9H7BrF2INO2/c1-2-16-9(15)4-3-5(13)14-7(6(4)10)8(11)12/h3,8H,2H2,1H3. The first-order chi connectivity index (χ1) is 7.47. The van der Waals surface area contributed by atoms with E-state index in [1.165, 1.54) is 6.07 Å². The van der Waals surface area contributed by atoms with Gasteiger partial charge in [-0.3, -0.25) is 0 Å². The minimum atomic E-state index is -2.74. The summed E-state index contributed by atoms with van der Waals surface area (Å²) in [5.74, 6) is -0.642. The molecule has 0 fully saturated rings. The lowest BCUT2D eigenvalue weighted by Gasteiger charge is -2.08. The van der Waals surface area contributed by atoms with E-state index >= 15 is 0 Å². The fraction of sp³-hybridized carbons (Fsp3) is 0.333. The molecule has 0 radical (unpaired) electrons. The van der Waals surface area contributed by atoms with Gasteiger partial charge in [0, 0.05) is 0 Å². The van der Waals surface area contributed by atoms with E-state index in [1.54, 1.807) is 29.5 Å². The highest BCUT2D eigenvalue weighted by molar-refractivity contribution is 14.1. The molecular weight excluding hydrogens is 399 g/mol. The summed E-state index contributed by atoms with van der Waals surface area (Å²) in [5.41, 5.74) is -0.383. The molecule has 88 valence electrons. The van der Waals surface area contributed by atoms with E-state index in [2.05, 4.69) is 20.9 Å². The number of halogens is 4. The Bertz CT molecular complexity index is 415. The number of carbonyl (C=O) groups is 1. The number of hydrogen-bond acceptors (Lipinski definition) is 3. The summed E-state index contributed by atoms with van der Waals surface area (Å²) in [4.78, 5) is 15.1. The predicted molar refractivity (Wildman–Crippen MR) is 65.6 cm³/mol. The Kier molecular flexibility index (Phi) is 5.03. The molecule has 1 aromatic rings.